The fraction of sp³-hybridized carbons (Fsp3) is 0.500. The highest BCUT2D eigenvalue weighted by atomic mass is 35.5. The van der Waals surface area contributed by atoms with Crippen LogP contribution >= 0.6 is 22.9 Å². The van der Waals surface area contributed by atoms with Gasteiger partial charge in [-0.2, -0.15) is 0 Å². The lowest BCUT2D eigenvalue weighted by Crippen LogP contribution is -2.35. The maximum absolute atomic E-state index is 5.80. The number of hydrogen-bond acceptors (Lipinski definition) is 4. The van der Waals surface area contributed by atoms with Crippen LogP contribution in [0, 0.1) is 0 Å². The molecular weight excluding hydrogens is 268 g/mol. The summed E-state index contributed by atoms with van der Waals surface area (Å²) in [6.07, 6.45) is 3.92. The van der Waals surface area contributed by atoms with Gasteiger partial charge in [0.25, 0.3) is 0 Å². The minimum absolute atomic E-state index is 0.331. The molecule has 2 aromatic rings. The molecule has 1 aliphatic rings. The van der Waals surface area contributed by atoms with E-state index >= 15 is 0 Å². The normalized spacial score (nSPS) is 17.7. The number of rotatable bonds is 3. The molecule has 2 aromatic heterocycles. The van der Waals surface area contributed by atoms with Gasteiger partial charge in [-0.1, -0.05) is 0 Å². The zero-order valence-electron chi connectivity index (χ0n) is 10.2. The molecule has 0 amide bonds. The molecule has 1 atom stereocenters. The van der Waals surface area contributed by atoms with E-state index in [0.29, 0.717) is 11.9 Å². The lowest BCUT2D eigenvalue weighted by Gasteiger charge is -2.31. The summed E-state index contributed by atoms with van der Waals surface area (Å²) >= 11 is 7.50. The second-order valence-electron chi connectivity index (χ2n) is 4.49. The molecule has 0 N–H and O–H groups in total. The summed E-state index contributed by atoms with van der Waals surface area (Å²) in [5, 5.41) is 3.19. The Labute approximate surface area is 115 Å². The molecule has 18 heavy (non-hydrogen) atoms. The van der Waals surface area contributed by atoms with Crippen molar-refractivity contribution < 1.29 is 0 Å². The molecule has 0 radical (unpaired) electrons. The number of imidazole rings is 1. The molecule has 96 valence electrons. The number of alkyl halides is 1. The summed E-state index contributed by atoms with van der Waals surface area (Å²) in [6, 6.07) is 0.331. The average Bonchev–Trinajstić information content (AvgIpc) is 3.05. The molecular formula is C12H15ClN4S. The Morgan fingerprint density at radius 3 is 3.17 bits per heavy atom. The summed E-state index contributed by atoms with van der Waals surface area (Å²) in [5.41, 5.74) is 0.974. The first kappa shape index (κ1) is 12.1. The van der Waals surface area contributed by atoms with Gasteiger partial charge in [-0.15, -0.1) is 22.9 Å². The number of nitrogens with zero attached hydrogens (tertiary/aromatic N) is 4. The van der Waals surface area contributed by atoms with E-state index in [2.05, 4.69) is 26.4 Å². The third-order valence-corrected chi connectivity index (χ3v) is 4.72. The fourth-order valence-corrected chi connectivity index (χ4v) is 3.39. The van der Waals surface area contributed by atoms with E-state index in [1.165, 1.54) is 0 Å². The van der Waals surface area contributed by atoms with Crippen molar-refractivity contribution in [2.45, 2.75) is 31.9 Å². The zero-order chi connectivity index (χ0) is 12.5. The minimum Gasteiger partial charge on any atom is -0.333 e. The minimum atomic E-state index is 0.331. The van der Waals surface area contributed by atoms with Crippen molar-refractivity contribution in [3.05, 3.63) is 34.3 Å². The maximum Gasteiger partial charge on any atom is 0.122 e. The molecule has 1 aliphatic heterocycles. The van der Waals surface area contributed by atoms with Crippen LogP contribution in [0.1, 0.15) is 29.5 Å². The van der Waals surface area contributed by atoms with Crippen LogP contribution in [0.2, 0.25) is 0 Å². The third kappa shape index (κ3) is 2.18. The van der Waals surface area contributed by atoms with Crippen LogP contribution < -0.4 is 0 Å². The molecule has 0 aromatic carbocycles. The van der Waals surface area contributed by atoms with Gasteiger partial charge in [-0.25, -0.2) is 9.97 Å². The van der Waals surface area contributed by atoms with E-state index < -0.39 is 0 Å². The molecule has 0 saturated carbocycles. The van der Waals surface area contributed by atoms with Gasteiger partial charge in [0, 0.05) is 30.9 Å². The van der Waals surface area contributed by atoms with Crippen LogP contribution in [0.3, 0.4) is 0 Å². The number of halogens is 1. The summed E-state index contributed by atoms with van der Waals surface area (Å²) in [7, 11) is 0. The van der Waals surface area contributed by atoms with Gasteiger partial charge in [0.15, 0.2) is 0 Å². The number of hydrogen-bond donors (Lipinski definition) is 0. The van der Waals surface area contributed by atoms with Gasteiger partial charge in [-0.3, -0.25) is 4.90 Å². The van der Waals surface area contributed by atoms with E-state index in [-0.39, 0.29) is 0 Å². The summed E-state index contributed by atoms with van der Waals surface area (Å²) < 4.78 is 2.22. The van der Waals surface area contributed by atoms with Crippen LogP contribution in [0.5, 0.6) is 0 Å². The van der Waals surface area contributed by atoms with E-state index in [4.69, 9.17) is 11.6 Å². The molecule has 4 nitrogen and oxygen atoms in total. The van der Waals surface area contributed by atoms with Crippen molar-refractivity contribution in [2.75, 3.05) is 6.54 Å². The highest BCUT2D eigenvalue weighted by Crippen LogP contribution is 2.27. The maximum atomic E-state index is 5.80. The third-order valence-electron chi connectivity index (χ3n) is 3.39. The molecule has 0 aliphatic carbocycles. The quantitative estimate of drug-likeness (QED) is 0.812. The predicted molar refractivity (Wildman–Crippen MR) is 72.7 cm³/mol. The summed E-state index contributed by atoms with van der Waals surface area (Å²) in [4.78, 5) is 11.4. The smallest absolute Gasteiger partial charge is 0.122 e. The van der Waals surface area contributed by atoms with Gasteiger partial charge in [0.2, 0.25) is 0 Å². The first-order chi connectivity index (χ1) is 8.78. The Morgan fingerprint density at radius 2 is 2.39 bits per heavy atom. The Bertz CT molecular complexity index is 536. The SMILES string of the molecule is CC(c1nc(CCl)cs1)N1CCn2ccnc2C1. The highest BCUT2D eigenvalue weighted by Gasteiger charge is 2.23. The Balaban J connectivity index is 1.76. The van der Waals surface area contributed by atoms with Crippen LogP contribution in [-0.2, 0) is 19.0 Å². The molecule has 0 saturated heterocycles. The largest absolute Gasteiger partial charge is 0.333 e. The lowest BCUT2D eigenvalue weighted by atomic mass is 10.2. The van der Waals surface area contributed by atoms with Crippen molar-refractivity contribution in [1.29, 1.82) is 0 Å². The van der Waals surface area contributed by atoms with Crippen molar-refractivity contribution in [1.82, 2.24) is 19.4 Å². The van der Waals surface area contributed by atoms with Crippen LogP contribution in [0.25, 0.3) is 0 Å². The number of fused-ring (bicyclic) bond motifs is 1. The van der Waals surface area contributed by atoms with Crippen LogP contribution in [-0.4, -0.2) is 26.0 Å². The molecule has 1 unspecified atom stereocenters. The van der Waals surface area contributed by atoms with Gasteiger partial charge >= 0.3 is 0 Å². The van der Waals surface area contributed by atoms with Crippen molar-refractivity contribution in [3.63, 3.8) is 0 Å². The standard InChI is InChI=1S/C12H15ClN4S/c1-9(12-15-10(6-13)8-18-12)17-5-4-16-3-2-14-11(16)7-17/h2-3,8-9H,4-7H2,1H3. The first-order valence-electron chi connectivity index (χ1n) is 6.02. The van der Waals surface area contributed by atoms with Gasteiger partial charge in [0.05, 0.1) is 24.2 Å². The molecule has 6 heteroatoms. The molecule has 3 rings (SSSR count). The number of thiazole rings is 1. The van der Waals surface area contributed by atoms with Crippen LogP contribution in [0.15, 0.2) is 17.8 Å². The van der Waals surface area contributed by atoms with Crippen molar-refractivity contribution in [3.8, 4) is 0 Å². The Hall–Kier alpha value is -0.910. The van der Waals surface area contributed by atoms with E-state index in [1.54, 1.807) is 11.3 Å². The Kier molecular flexibility index (Phi) is 3.37. The van der Waals surface area contributed by atoms with E-state index in [1.807, 2.05) is 17.8 Å². The molecule has 0 spiro atoms. The second kappa shape index (κ2) is 4.99. The van der Waals surface area contributed by atoms with E-state index in [9.17, 15) is 0 Å². The predicted octanol–water partition coefficient (Wildman–Crippen LogP) is 2.66. The highest BCUT2D eigenvalue weighted by molar-refractivity contribution is 7.09. The van der Waals surface area contributed by atoms with Crippen molar-refractivity contribution >= 4 is 22.9 Å². The summed E-state index contributed by atoms with van der Waals surface area (Å²) in [5.74, 6) is 1.63. The topological polar surface area (TPSA) is 34.0 Å². The molecule has 0 bridgehead atoms. The fourth-order valence-electron chi connectivity index (χ4n) is 2.25. The molecule has 0 fully saturated rings. The van der Waals surface area contributed by atoms with E-state index in [0.717, 1.165) is 36.2 Å². The van der Waals surface area contributed by atoms with Gasteiger partial charge < -0.3 is 4.57 Å². The van der Waals surface area contributed by atoms with Crippen LogP contribution in [0.4, 0.5) is 0 Å². The first-order valence-corrected chi connectivity index (χ1v) is 7.43. The van der Waals surface area contributed by atoms with Gasteiger partial charge in [0.1, 0.15) is 10.8 Å². The second-order valence-corrected chi connectivity index (χ2v) is 5.65. The lowest BCUT2D eigenvalue weighted by molar-refractivity contribution is 0.163. The number of aromatic nitrogens is 3. The zero-order valence-corrected chi connectivity index (χ0v) is 11.8. The van der Waals surface area contributed by atoms with Crippen molar-refractivity contribution in [2.24, 2.45) is 0 Å². The average molecular weight is 283 g/mol. The Morgan fingerprint density at radius 1 is 1.50 bits per heavy atom. The van der Waals surface area contributed by atoms with Gasteiger partial charge in [-0.05, 0) is 6.92 Å². The monoisotopic (exact) mass is 282 g/mol. The summed E-state index contributed by atoms with van der Waals surface area (Å²) in [6.45, 7) is 5.15. The molecule has 3 heterocycles.